The van der Waals surface area contributed by atoms with Gasteiger partial charge in [-0.15, -0.1) is 0 Å². The third kappa shape index (κ3) is 11.2. The maximum Gasteiger partial charge on any atom is 0.411 e. The second-order valence-electron chi connectivity index (χ2n) is 12.4. The van der Waals surface area contributed by atoms with Gasteiger partial charge in [-0.2, -0.15) is 13.2 Å². The quantitative estimate of drug-likeness (QED) is 0.202. The van der Waals surface area contributed by atoms with Crippen molar-refractivity contribution in [3.63, 3.8) is 0 Å². The van der Waals surface area contributed by atoms with Gasteiger partial charge in [-0.1, -0.05) is 50.1 Å². The predicted octanol–water partition coefficient (Wildman–Crippen LogP) is 7.22. The van der Waals surface area contributed by atoms with Gasteiger partial charge in [0, 0.05) is 47.4 Å². The number of fused-ring (bicyclic) bond motifs is 1. The van der Waals surface area contributed by atoms with Crippen LogP contribution in [0.4, 0.5) is 18.9 Å². The van der Waals surface area contributed by atoms with Gasteiger partial charge in [0.25, 0.3) is 5.91 Å². The highest BCUT2D eigenvalue weighted by Crippen LogP contribution is 2.44. The number of aliphatic hydroxyl groups is 2. The zero-order chi connectivity index (χ0) is 34.7. The van der Waals surface area contributed by atoms with E-state index in [9.17, 15) is 27.3 Å². The fraction of sp³-hybridized carbons (Fsp3) is 0.571. The summed E-state index contributed by atoms with van der Waals surface area (Å²) < 4.78 is 53.0. The normalized spacial score (nSPS) is 20.7. The zero-order valence-corrected chi connectivity index (χ0v) is 29.1. The molecule has 3 N–H and O–H groups in total. The third-order valence-electron chi connectivity index (χ3n) is 8.62. The minimum Gasteiger partial charge on any atom is -0.491 e. The van der Waals surface area contributed by atoms with Crippen molar-refractivity contribution in [2.75, 3.05) is 37.8 Å². The number of hydrogen-bond acceptors (Lipinski definition) is 6. The molecule has 262 valence electrons. The van der Waals surface area contributed by atoms with E-state index in [1.807, 2.05) is 32.0 Å². The number of allylic oxidation sites excluding steroid dienone is 1. The number of rotatable bonds is 12. The Bertz CT molecular complexity index is 1370. The SMILES string of the molecule is CC/C=C/C(CO)C1CCC1CN1CC(c2ccc(Cl)cc2CCC)COc2ccc(C(=O)NS(=O)C(C)C)cc21.OCC(F)(F)F. The number of hydrogen-bond donors (Lipinski definition) is 3. The Hall–Kier alpha value is -2.60. The van der Waals surface area contributed by atoms with E-state index >= 15 is 0 Å². The van der Waals surface area contributed by atoms with E-state index in [-0.39, 0.29) is 29.6 Å². The van der Waals surface area contributed by atoms with Crippen molar-refractivity contribution >= 4 is 34.2 Å². The van der Waals surface area contributed by atoms with Gasteiger partial charge in [0.15, 0.2) is 0 Å². The zero-order valence-electron chi connectivity index (χ0n) is 27.6. The summed E-state index contributed by atoms with van der Waals surface area (Å²) in [6.07, 6.45) is 5.08. The Kier molecular flexibility index (Phi) is 15.1. The Morgan fingerprint density at radius 2 is 1.89 bits per heavy atom. The monoisotopic (exact) mass is 700 g/mol. The minimum atomic E-state index is -4.40. The molecule has 0 radical (unpaired) electrons. The predicted molar refractivity (Wildman–Crippen MR) is 182 cm³/mol. The van der Waals surface area contributed by atoms with Crippen LogP contribution in [0.5, 0.6) is 5.75 Å². The van der Waals surface area contributed by atoms with Crippen molar-refractivity contribution in [2.24, 2.45) is 17.8 Å². The molecule has 0 aromatic heterocycles. The molecule has 2 aromatic carbocycles. The Morgan fingerprint density at radius 1 is 1.17 bits per heavy atom. The molecule has 0 bridgehead atoms. The number of nitrogens with zero attached hydrogens (tertiary/aromatic N) is 1. The van der Waals surface area contributed by atoms with E-state index in [1.165, 1.54) is 11.1 Å². The Morgan fingerprint density at radius 3 is 2.47 bits per heavy atom. The molecule has 1 aliphatic heterocycles. The molecule has 1 amide bonds. The summed E-state index contributed by atoms with van der Waals surface area (Å²) in [5, 5.41) is 18.0. The average molecular weight is 701 g/mol. The highest BCUT2D eigenvalue weighted by atomic mass is 35.5. The number of nitrogens with one attached hydrogen (secondary N) is 1. The molecule has 7 nitrogen and oxygen atoms in total. The van der Waals surface area contributed by atoms with Gasteiger partial charge in [-0.05, 0) is 92.8 Å². The van der Waals surface area contributed by atoms with Crippen molar-refractivity contribution in [1.29, 1.82) is 0 Å². The smallest absolute Gasteiger partial charge is 0.411 e. The molecule has 47 heavy (non-hydrogen) atoms. The van der Waals surface area contributed by atoms with E-state index in [0.29, 0.717) is 24.0 Å². The molecule has 5 atom stereocenters. The van der Waals surface area contributed by atoms with Crippen molar-refractivity contribution < 1.29 is 37.1 Å². The first kappa shape index (κ1) is 38.8. The molecule has 2 aromatic rings. The lowest BCUT2D eigenvalue weighted by molar-refractivity contribution is -0.159. The number of ether oxygens (including phenoxy) is 1. The van der Waals surface area contributed by atoms with Gasteiger partial charge in [0.05, 0.1) is 12.3 Å². The molecule has 1 aliphatic carbocycles. The van der Waals surface area contributed by atoms with Crippen LogP contribution in [0, 0.1) is 17.8 Å². The number of anilines is 1. The summed E-state index contributed by atoms with van der Waals surface area (Å²) in [6, 6.07) is 11.7. The minimum absolute atomic E-state index is 0.124. The first-order valence-corrected chi connectivity index (χ1v) is 17.9. The van der Waals surface area contributed by atoms with Crippen LogP contribution in [-0.2, 0) is 17.4 Å². The summed E-state index contributed by atoms with van der Waals surface area (Å²) in [5.74, 6) is 1.52. The largest absolute Gasteiger partial charge is 0.491 e. The summed E-state index contributed by atoms with van der Waals surface area (Å²) in [7, 11) is -1.45. The fourth-order valence-corrected chi connectivity index (χ4v) is 6.77. The van der Waals surface area contributed by atoms with Gasteiger partial charge in [0.2, 0.25) is 0 Å². The summed E-state index contributed by atoms with van der Waals surface area (Å²) >= 11 is 6.39. The van der Waals surface area contributed by atoms with Crippen molar-refractivity contribution in [3.05, 3.63) is 70.3 Å². The molecule has 0 spiro atoms. The lowest BCUT2D eigenvalue weighted by Crippen LogP contribution is -2.43. The fourth-order valence-electron chi connectivity index (χ4n) is 6.04. The maximum atomic E-state index is 13.0. The Balaban J connectivity index is 0.000000913. The number of halogens is 4. The van der Waals surface area contributed by atoms with Crippen LogP contribution < -0.4 is 14.4 Å². The molecule has 12 heteroatoms. The number of aliphatic hydroxyl groups excluding tert-OH is 2. The van der Waals surface area contributed by atoms with Crippen LogP contribution in [0.25, 0.3) is 0 Å². The second-order valence-corrected chi connectivity index (χ2v) is 14.6. The molecule has 4 rings (SSSR count). The molecule has 1 fully saturated rings. The number of carbonyl (C=O) groups is 1. The van der Waals surface area contributed by atoms with E-state index in [2.05, 4.69) is 47.8 Å². The van der Waals surface area contributed by atoms with E-state index in [0.717, 1.165) is 61.7 Å². The van der Waals surface area contributed by atoms with E-state index in [4.69, 9.17) is 21.4 Å². The molecule has 0 saturated heterocycles. The Labute approximate surface area is 284 Å². The number of amides is 1. The maximum absolute atomic E-state index is 13.0. The second kappa shape index (κ2) is 18.2. The molecule has 2 aliphatic rings. The van der Waals surface area contributed by atoms with Crippen LogP contribution >= 0.6 is 11.6 Å². The highest BCUT2D eigenvalue weighted by molar-refractivity contribution is 7.84. The van der Waals surface area contributed by atoms with Crippen LogP contribution in [0.15, 0.2) is 48.6 Å². The van der Waals surface area contributed by atoms with E-state index < -0.39 is 23.8 Å². The van der Waals surface area contributed by atoms with Crippen LogP contribution in [0.3, 0.4) is 0 Å². The van der Waals surface area contributed by atoms with Gasteiger partial charge >= 0.3 is 6.18 Å². The van der Waals surface area contributed by atoms with Crippen molar-refractivity contribution in [1.82, 2.24) is 4.72 Å². The number of aryl methyl sites for hydroxylation is 1. The standard InChI is InChI=1S/C33H45ClN2O4S.C2H3F3O/c1-5-7-9-26(20-37)30-13-10-25(30)18-36-19-27(29-14-12-28(34)16-23(29)8-6-2)21-40-32-15-11-24(17-31(32)36)33(38)35-41(39)22(3)4;3-2(4,5)1-6/h7,9,11-12,14-17,22,25-27,30,37H,5-6,8,10,13,18-21H2,1-4H3,(H,35,38);6H,1H2/b9-7+;. The van der Waals surface area contributed by atoms with Gasteiger partial charge in [-0.3, -0.25) is 9.52 Å². The van der Waals surface area contributed by atoms with Crippen molar-refractivity contribution in [2.45, 2.75) is 77.1 Å². The summed E-state index contributed by atoms with van der Waals surface area (Å²) in [4.78, 5) is 15.4. The van der Waals surface area contributed by atoms with Gasteiger partial charge in [0.1, 0.15) is 23.3 Å². The lowest BCUT2D eigenvalue weighted by Gasteiger charge is -2.44. The van der Waals surface area contributed by atoms with Gasteiger partial charge < -0.3 is 19.8 Å². The van der Waals surface area contributed by atoms with E-state index in [1.54, 1.807) is 6.07 Å². The molecular weight excluding hydrogens is 653 g/mol. The first-order chi connectivity index (χ1) is 22.3. The third-order valence-corrected chi connectivity index (χ3v) is 10.1. The highest BCUT2D eigenvalue weighted by Gasteiger charge is 2.38. The lowest BCUT2D eigenvalue weighted by atomic mass is 9.66. The van der Waals surface area contributed by atoms with Crippen LogP contribution in [-0.4, -0.2) is 64.7 Å². The molecule has 1 heterocycles. The first-order valence-electron chi connectivity index (χ1n) is 16.3. The summed E-state index contributed by atoms with van der Waals surface area (Å²) in [6.45, 7) is 8.43. The van der Waals surface area contributed by atoms with Gasteiger partial charge in [-0.25, -0.2) is 4.21 Å². The molecular formula is C35H48ClF3N2O5S. The number of benzene rings is 2. The topological polar surface area (TPSA) is 99.1 Å². The number of alkyl halides is 3. The average Bonchev–Trinajstić information content (AvgIpc) is 3.20. The molecule has 1 saturated carbocycles. The summed E-state index contributed by atoms with van der Waals surface area (Å²) in [5.41, 5.74) is 3.86. The van der Waals surface area contributed by atoms with Crippen LogP contribution in [0.1, 0.15) is 80.8 Å². The van der Waals surface area contributed by atoms with Crippen molar-refractivity contribution in [3.8, 4) is 5.75 Å². The number of carbonyl (C=O) groups excluding carboxylic acids is 1. The van der Waals surface area contributed by atoms with Crippen LogP contribution in [0.2, 0.25) is 5.02 Å². The molecule has 5 unspecified atom stereocenters.